The number of nitrogen functional groups attached to an aromatic ring is 1. The van der Waals surface area contributed by atoms with Crippen LogP contribution in [0.15, 0.2) is 42.5 Å². The summed E-state index contributed by atoms with van der Waals surface area (Å²) >= 11 is 0. The summed E-state index contributed by atoms with van der Waals surface area (Å²) in [5.74, 6) is 0.407. The molecule has 0 spiro atoms. The Kier molecular flexibility index (Phi) is 2.30. The monoisotopic (exact) mass is 241 g/mol. The Balaban J connectivity index is 2.30. The summed E-state index contributed by atoms with van der Waals surface area (Å²) < 4.78 is 15.5. The Morgan fingerprint density at radius 2 is 1.94 bits per heavy atom. The predicted octanol–water partition coefficient (Wildman–Crippen LogP) is 3.06. The molecule has 0 aliphatic carbocycles. The normalized spacial score (nSPS) is 11.0. The summed E-state index contributed by atoms with van der Waals surface area (Å²) in [5.41, 5.74) is 8.23. The van der Waals surface area contributed by atoms with Gasteiger partial charge in [0, 0.05) is 6.07 Å². The van der Waals surface area contributed by atoms with Crippen molar-refractivity contribution in [1.82, 2.24) is 9.55 Å². The van der Waals surface area contributed by atoms with Crippen LogP contribution in [-0.4, -0.2) is 9.55 Å². The van der Waals surface area contributed by atoms with Crippen LogP contribution in [0, 0.1) is 12.7 Å². The largest absolute Gasteiger partial charge is 0.396 e. The minimum Gasteiger partial charge on any atom is -0.396 e. The molecule has 3 rings (SSSR count). The molecule has 0 saturated carbocycles. The first-order valence-corrected chi connectivity index (χ1v) is 5.66. The second-order valence-corrected chi connectivity index (χ2v) is 4.19. The second kappa shape index (κ2) is 3.84. The molecular weight excluding hydrogens is 229 g/mol. The van der Waals surface area contributed by atoms with Gasteiger partial charge in [-0.25, -0.2) is 9.37 Å². The van der Waals surface area contributed by atoms with Gasteiger partial charge in [0.1, 0.15) is 11.6 Å². The summed E-state index contributed by atoms with van der Waals surface area (Å²) in [4.78, 5) is 4.45. The lowest BCUT2D eigenvalue weighted by molar-refractivity contribution is 0.631. The molecule has 2 N–H and O–H groups in total. The van der Waals surface area contributed by atoms with Crippen molar-refractivity contribution in [2.24, 2.45) is 0 Å². The van der Waals surface area contributed by atoms with Crippen LogP contribution in [0.1, 0.15) is 5.82 Å². The maximum absolute atomic E-state index is 13.5. The van der Waals surface area contributed by atoms with Crippen LogP contribution in [0.3, 0.4) is 0 Å². The third-order valence-electron chi connectivity index (χ3n) is 2.97. The summed E-state index contributed by atoms with van der Waals surface area (Å²) in [6.45, 7) is 1.90. The molecule has 3 nitrogen and oxygen atoms in total. The Morgan fingerprint density at radius 1 is 1.17 bits per heavy atom. The zero-order chi connectivity index (χ0) is 12.7. The van der Waals surface area contributed by atoms with Crippen LogP contribution in [0.4, 0.5) is 10.1 Å². The van der Waals surface area contributed by atoms with Gasteiger partial charge in [0.2, 0.25) is 0 Å². The van der Waals surface area contributed by atoms with E-state index in [0.717, 1.165) is 22.5 Å². The van der Waals surface area contributed by atoms with Gasteiger partial charge < -0.3 is 5.73 Å². The SMILES string of the molecule is Cc1nc2ccccc2n1-c1ccc(N)c(F)c1. The van der Waals surface area contributed by atoms with E-state index in [1.165, 1.54) is 6.07 Å². The molecule has 0 fully saturated rings. The van der Waals surface area contributed by atoms with E-state index in [4.69, 9.17) is 5.73 Å². The third-order valence-corrected chi connectivity index (χ3v) is 2.97. The maximum Gasteiger partial charge on any atom is 0.148 e. The summed E-state index contributed by atoms with van der Waals surface area (Å²) in [7, 11) is 0. The minimum absolute atomic E-state index is 0.154. The van der Waals surface area contributed by atoms with E-state index in [-0.39, 0.29) is 5.69 Å². The van der Waals surface area contributed by atoms with Crippen LogP contribution in [0.5, 0.6) is 0 Å². The molecule has 4 heteroatoms. The highest BCUT2D eigenvalue weighted by Gasteiger charge is 2.09. The minimum atomic E-state index is -0.412. The molecule has 0 bridgehead atoms. The molecule has 1 heterocycles. The van der Waals surface area contributed by atoms with Gasteiger partial charge in [-0.3, -0.25) is 4.57 Å². The Hall–Kier alpha value is -2.36. The van der Waals surface area contributed by atoms with Gasteiger partial charge in [0.25, 0.3) is 0 Å². The zero-order valence-electron chi connectivity index (χ0n) is 9.89. The molecule has 0 unspecified atom stereocenters. The van der Waals surface area contributed by atoms with Gasteiger partial charge in [-0.05, 0) is 31.2 Å². The number of para-hydroxylation sites is 2. The first kappa shape index (κ1) is 10.8. The number of imidazole rings is 1. The number of anilines is 1. The van der Waals surface area contributed by atoms with E-state index < -0.39 is 5.82 Å². The Bertz CT molecular complexity index is 731. The lowest BCUT2D eigenvalue weighted by atomic mass is 10.2. The molecule has 0 aliphatic heterocycles. The number of nitrogens with two attached hydrogens (primary N) is 1. The second-order valence-electron chi connectivity index (χ2n) is 4.19. The number of aryl methyl sites for hydroxylation is 1. The molecule has 0 atom stereocenters. The Labute approximate surface area is 104 Å². The van der Waals surface area contributed by atoms with E-state index in [9.17, 15) is 4.39 Å². The summed E-state index contributed by atoms with van der Waals surface area (Å²) in [5, 5.41) is 0. The van der Waals surface area contributed by atoms with Crippen LogP contribution in [-0.2, 0) is 0 Å². The number of aromatic nitrogens is 2. The fourth-order valence-corrected chi connectivity index (χ4v) is 2.13. The van der Waals surface area contributed by atoms with Crippen LogP contribution in [0.25, 0.3) is 16.7 Å². The number of hydrogen-bond donors (Lipinski definition) is 1. The van der Waals surface area contributed by atoms with Crippen LogP contribution >= 0.6 is 0 Å². The van der Waals surface area contributed by atoms with Crippen molar-refractivity contribution in [2.45, 2.75) is 6.92 Å². The first-order valence-electron chi connectivity index (χ1n) is 5.66. The average molecular weight is 241 g/mol. The van der Waals surface area contributed by atoms with Gasteiger partial charge >= 0.3 is 0 Å². The lowest BCUT2D eigenvalue weighted by Crippen LogP contribution is -1.99. The molecule has 0 aliphatic rings. The summed E-state index contributed by atoms with van der Waals surface area (Å²) in [6, 6.07) is 12.6. The fraction of sp³-hybridized carbons (Fsp3) is 0.0714. The highest BCUT2D eigenvalue weighted by Crippen LogP contribution is 2.23. The van der Waals surface area contributed by atoms with Crippen LogP contribution in [0.2, 0.25) is 0 Å². The van der Waals surface area contributed by atoms with Crippen molar-refractivity contribution in [3.8, 4) is 5.69 Å². The number of hydrogen-bond acceptors (Lipinski definition) is 2. The first-order chi connectivity index (χ1) is 8.66. The van der Waals surface area contributed by atoms with Crippen molar-refractivity contribution in [3.63, 3.8) is 0 Å². The Morgan fingerprint density at radius 3 is 2.72 bits per heavy atom. The van der Waals surface area contributed by atoms with Crippen molar-refractivity contribution in [3.05, 3.63) is 54.1 Å². The number of rotatable bonds is 1. The highest BCUT2D eigenvalue weighted by molar-refractivity contribution is 5.78. The topological polar surface area (TPSA) is 43.8 Å². The zero-order valence-corrected chi connectivity index (χ0v) is 9.89. The van der Waals surface area contributed by atoms with Gasteiger partial charge in [-0.1, -0.05) is 12.1 Å². The highest BCUT2D eigenvalue weighted by atomic mass is 19.1. The molecule has 18 heavy (non-hydrogen) atoms. The van der Waals surface area contributed by atoms with Crippen molar-refractivity contribution in [2.75, 3.05) is 5.73 Å². The van der Waals surface area contributed by atoms with Crippen LogP contribution < -0.4 is 5.73 Å². The lowest BCUT2D eigenvalue weighted by Gasteiger charge is -2.07. The maximum atomic E-state index is 13.5. The van der Waals surface area contributed by atoms with E-state index >= 15 is 0 Å². The van der Waals surface area contributed by atoms with Gasteiger partial charge in [0.15, 0.2) is 0 Å². The molecule has 2 aromatic carbocycles. The molecular formula is C14H12FN3. The van der Waals surface area contributed by atoms with Crippen molar-refractivity contribution >= 4 is 16.7 Å². The van der Waals surface area contributed by atoms with E-state index in [1.54, 1.807) is 12.1 Å². The molecule has 90 valence electrons. The molecule has 3 aromatic rings. The van der Waals surface area contributed by atoms with E-state index in [0.29, 0.717) is 0 Å². The van der Waals surface area contributed by atoms with Gasteiger partial charge in [0.05, 0.1) is 22.4 Å². The number of halogens is 1. The fourth-order valence-electron chi connectivity index (χ4n) is 2.13. The quantitative estimate of drug-likeness (QED) is 0.665. The van der Waals surface area contributed by atoms with E-state index in [1.807, 2.05) is 35.8 Å². The van der Waals surface area contributed by atoms with Gasteiger partial charge in [-0.2, -0.15) is 0 Å². The molecule has 0 saturated heterocycles. The third kappa shape index (κ3) is 1.54. The van der Waals surface area contributed by atoms with Crippen molar-refractivity contribution in [1.29, 1.82) is 0 Å². The number of nitrogens with zero attached hydrogens (tertiary/aromatic N) is 2. The van der Waals surface area contributed by atoms with Gasteiger partial charge in [-0.15, -0.1) is 0 Å². The van der Waals surface area contributed by atoms with Crippen molar-refractivity contribution < 1.29 is 4.39 Å². The predicted molar refractivity (Wildman–Crippen MR) is 70.2 cm³/mol. The number of benzene rings is 2. The number of fused-ring (bicyclic) bond motifs is 1. The molecule has 0 radical (unpaired) electrons. The smallest absolute Gasteiger partial charge is 0.148 e. The average Bonchev–Trinajstić information content (AvgIpc) is 2.69. The molecule has 1 aromatic heterocycles. The summed E-state index contributed by atoms with van der Waals surface area (Å²) in [6.07, 6.45) is 0. The standard InChI is InChI=1S/C14H12FN3/c1-9-17-13-4-2-3-5-14(13)18(9)10-6-7-12(16)11(15)8-10/h2-8H,16H2,1H3. The molecule has 0 amide bonds. The van der Waals surface area contributed by atoms with E-state index in [2.05, 4.69) is 4.98 Å².